The first-order valence-electron chi connectivity index (χ1n) is 8.35. The van der Waals surface area contributed by atoms with Gasteiger partial charge in [0.1, 0.15) is 10.7 Å². The van der Waals surface area contributed by atoms with Gasteiger partial charge in [-0.25, -0.2) is 12.8 Å². The largest absolute Gasteiger partial charge is 0.481 e. The molecule has 0 saturated carbocycles. The number of halogens is 1. The van der Waals surface area contributed by atoms with Crippen molar-refractivity contribution in [1.82, 2.24) is 9.21 Å². The van der Waals surface area contributed by atoms with Crippen molar-refractivity contribution in [1.29, 1.82) is 0 Å². The van der Waals surface area contributed by atoms with Crippen LogP contribution < -0.4 is 0 Å². The molecule has 1 spiro atoms. The summed E-state index contributed by atoms with van der Waals surface area (Å²) >= 11 is 0. The Morgan fingerprint density at radius 3 is 2.50 bits per heavy atom. The van der Waals surface area contributed by atoms with Crippen molar-refractivity contribution in [3.05, 3.63) is 29.6 Å². The summed E-state index contributed by atoms with van der Waals surface area (Å²) in [6.45, 7) is 1.76. The van der Waals surface area contributed by atoms with E-state index in [-0.39, 0.29) is 43.2 Å². The molecule has 26 heavy (non-hydrogen) atoms. The molecule has 2 saturated heterocycles. The summed E-state index contributed by atoms with van der Waals surface area (Å²) in [5, 5.41) is 9.48. The van der Waals surface area contributed by atoms with Crippen molar-refractivity contribution in [2.75, 3.05) is 20.1 Å². The third-order valence-electron chi connectivity index (χ3n) is 5.66. The average Bonchev–Trinajstić information content (AvgIpc) is 2.83. The van der Waals surface area contributed by atoms with Crippen LogP contribution in [0.4, 0.5) is 4.39 Å². The summed E-state index contributed by atoms with van der Waals surface area (Å²) < 4.78 is 40.9. The summed E-state index contributed by atoms with van der Waals surface area (Å²) in [5.41, 5.74) is -0.259. The van der Waals surface area contributed by atoms with Crippen LogP contribution in [0.5, 0.6) is 0 Å². The van der Waals surface area contributed by atoms with Gasteiger partial charge < -0.3 is 10.0 Å². The van der Waals surface area contributed by atoms with E-state index in [1.165, 1.54) is 21.3 Å². The Kier molecular flexibility index (Phi) is 4.56. The summed E-state index contributed by atoms with van der Waals surface area (Å²) in [7, 11) is -2.46. The molecule has 2 heterocycles. The number of piperidine rings is 1. The van der Waals surface area contributed by atoms with E-state index in [1.807, 2.05) is 0 Å². The second kappa shape index (κ2) is 6.31. The molecule has 3 rings (SSSR count). The Morgan fingerprint density at radius 1 is 1.31 bits per heavy atom. The van der Waals surface area contributed by atoms with Crippen LogP contribution in [0.15, 0.2) is 23.1 Å². The highest BCUT2D eigenvalue weighted by molar-refractivity contribution is 7.89. The van der Waals surface area contributed by atoms with E-state index < -0.39 is 33.3 Å². The number of hydrogen-bond acceptors (Lipinski definition) is 4. The van der Waals surface area contributed by atoms with Crippen molar-refractivity contribution >= 4 is 21.9 Å². The molecular formula is C17H21FN2O5S. The van der Waals surface area contributed by atoms with Gasteiger partial charge in [0.2, 0.25) is 15.9 Å². The van der Waals surface area contributed by atoms with Crippen LogP contribution in [-0.2, 0) is 19.6 Å². The van der Waals surface area contributed by atoms with E-state index in [9.17, 15) is 27.5 Å². The highest BCUT2D eigenvalue weighted by Crippen LogP contribution is 2.43. The number of nitrogens with zero attached hydrogens (tertiary/aromatic N) is 2. The lowest BCUT2D eigenvalue weighted by Gasteiger charge is -2.45. The van der Waals surface area contributed by atoms with E-state index in [2.05, 4.69) is 0 Å². The minimum absolute atomic E-state index is 0.0388. The lowest BCUT2D eigenvalue weighted by molar-refractivity contribution is -0.145. The van der Waals surface area contributed by atoms with Crippen LogP contribution in [0.2, 0.25) is 0 Å². The zero-order chi connectivity index (χ0) is 19.3. The molecule has 0 bridgehead atoms. The van der Waals surface area contributed by atoms with E-state index >= 15 is 0 Å². The molecule has 1 atom stereocenters. The van der Waals surface area contributed by atoms with Crippen LogP contribution >= 0.6 is 0 Å². The maximum atomic E-state index is 14.1. The molecule has 1 N–H and O–H groups in total. The van der Waals surface area contributed by atoms with Crippen LogP contribution in [0.25, 0.3) is 0 Å². The van der Waals surface area contributed by atoms with Crippen molar-refractivity contribution in [3.8, 4) is 0 Å². The highest BCUT2D eigenvalue weighted by Gasteiger charge is 2.56. The third kappa shape index (κ3) is 2.79. The smallest absolute Gasteiger partial charge is 0.309 e. The summed E-state index contributed by atoms with van der Waals surface area (Å²) in [5.74, 6) is -2.98. The van der Waals surface area contributed by atoms with Crippen molar-refractivity contribution in [3.63, 3.8) is 0 Å². The second-order valence-corrected chi connectivity index (χ2v) is 8.90. The van der Waals surface area contributed by atoms with Gasteiger partial charge in [-0.05, 0) is 37.5 Å². The standard InChI is InChI=1S/C17H21FN2O5S/c1-11-3-4-13(18)14(9-11)26(24,25)20-7-5-17(6-8-20)12(16(22)23)10-15(21)19(17)2/h3-4,9,12H,5-8,10H2,1-2H3,(H,22,23)/t12-/m1/s1. The molecule has 7 nitrogen and oxygen atoms in total. The number of carboxylic acids is 1. The van der Waals surface area contributed by atoms with Gasteiger partial charge in [-0.15, -0.1) is 0 Å². The number of likely N-dealkylation sites (tertiary alicyclic amines) is 1. The normalized spacial score (nSPS) is 23.6. The minimum atomic E-state index is -4.02. The van der Waals surface area contributed by atoms with Crippen LogP contribution in [0.1, 0.15) is 24.8 Å². The van der Waals surface area contributed by atoms with Crippen LogP contribution in [0, 0.1) is 18.7 Å². The first kappa shape index (κ1) is 18.8. The first-order valence-corrected chi connectivity index (χ1v) is 9.79. The predicted molar refractivity (Wildman–Crippen MR) is 90.4 cm³/mol. The van der Waals surface area contributed by atoms with Crippen molar-refractivity contribution < 1.29 is 27.5 Å². The zero-order valence-corrected chi connectivity index (χ0v) is 15.4. The van der Waals surface area contributed by atoms with Gasteiger partial charge in [-0.3, -0.25) is 9.59 Å². The second-order valence-electron chi connectivity index (χ2n) is 6.99. The first-order chi connectivity index (χ1) is 12.1. The number of hydrogen-bond donors (Lipinski definition) is 1. The molecule has 1 aromatic rings. The molecule has 0 radical (unpaired) electrons. The third-order valence-corrected chi connectivity index (χ3v) is 7.57. The number of carbonyl (C=O) groups excluding carboxylic acids is 1. The number of carbonyl (C=O) groups is 2. The van der Waals surface area contributed by atoms with Gasteiger partial charge in [0.15, 0.2) is 0 Å². The van der Waals surface area contributed by atoms with Gasteiger partial charge in [0.05, 0.1) is 11.5 Å². The van der Waals surface area contributed by atoms with E-state index in [4.69, 9.17) is 0 Å². The van der Waals surface area contributed by atoms with Gasteiger partial charge >= 0.3 is 5.97 Å². The Hall–Kier alpha value is -2.00. The molecule has 2 aliphatic heterocycles. The predicted octanol–water partition coefficient (Wildman–Crippen LogP) is 1.22. The Bertz CT molecular complexity index is 862. The molecule has 0 unspecified atom stereocenters. The van der Waals surface area contributed by atoms with Crippen LogP contribution in [-0.4, -0.2) is 60.3 Å². The number of rotatable bonds is 3. The van der Waals surface area contributed by atoms with E-state index in [0.717, 1.165) is 6.07 Å². The Morgan fingerprint density at radius 2 is 1.92 bits per heavy atom. The fraction of sp³-hybridized carbons (Fsp3) is 0.529. The maximum Gasteiger partial charge on any atom is 0.309 e. The molecule has 1 aromatic carbocycles. The summed E-state index contributed by atoms with van der Waals surface area (Å²) in [6.07, 6.45) is 0.336. The van der Waals surface area contributed by atoms with Crippen molar-refractivity contribution in [2.24, 2.45) is 5.92 Å². The molecule has 0 aromatic heterocycles. The fourth-order valence-corrected chi connectivity index (χ4v) is 5.64. The van der Waals surface area contributed by atoms with E-state index in [1.54, 1.807) is 14.0 Å². The molecule has 1 amide bonds. The van der Waals surface area contributed by atoms with Crippen LogP contribution in [0.3, 0.4) is 0 Å². The maximum absolute atomic E-state index is 14.1. The molecular weight excluding hydrogens is 363 g/mol. The topological polar surface area (TPSA) is 95.0 Å². The quantitative estimate of drug-likeness (QED) is 0.846. The fourth-order valence-electron chi connectivity index (χ4n) is 4.05. The molecule has 2 fully saturated rings. The zero-order valence-electron chi connectivity index (χ0n) is 14.6. The SMILES string of the molecule is Cc1ccc(F)c(S(=O)(=O)N2CCC3(CC2)[C@@H](C(=O)O)CC(=O)N3C)c1. The van der Waals surface area contributed by atoms with E-state index in [0.29, 0.717) is 5.56 Å². The molecule has 9 heteroatoms. The minimum Gasteiger partial charge on any atom is -0.481 e. The van der Waals surface area contributed by atoms with Gasteiger partial charge in [0.25, 0.3) is 0 Å². The average molecular weight is 384 g/mol. The van der Waals surface area contributed by atoms with Gasteiger partial charge in [0, 0.05) is 26.6 Å². The van der Waals surface area contributed by atoms with Crippen molar-refractivity contribution in [2.45, 2.75) is 36.6 Å². The summed E-state index contributed by atoms with van der Waals surface area (Å²) in [4.78, 5) is 24.7. The molecule has 2 aliphatic rings. The Balaban J connectivity index is 1.87. The number of sulfonamides is 1. The number of aryl methyl sites for hydroxylation is 1. The number of carboxylic acid groups (broad SMARTS) is 1. The summed E-state index contributed by atoms with van der Waals surface area (Å²) in [6, 6.07) is 3.91. The number of amides is 1. The Labute approximate surface area is 151 Å². The monoisotopic (exact) mass is 384 g/mol. The molecule has 0 aliphatic carbocycles. The lowest BCUT2D eigenvalue weighted by atomic mass is 9.77. The number of benzene rings is 1. The highest BCUT2D eigenvalue weighted by atomic mass is 32.2. The van der Waals surface area contributed by atoms with Gasteiger partial charge in [-0.1, -0.05) is 6.07 Å². The molecule has 142 valence electrons. The van der Waals surface area contributed by atoms with Gasteiger partial charge in [-0.2, -0.15) is 4.31 Å². The number of aliphatic carboxylic acids is 1. The lowest BCUT2D eigenvalue weighted by Crippen LogP contribution is -2.56.